The normalized spacial score (nSPS) is 31.4. The Labute approximate surface area is 135 Å². The number of pyridine rings is 1. The molecule has 1 saturated heterocycles. The molecular formula is C16H22ClN3O2. The molecule has 1 aliphatic carbocycles. The quantitative estimate of drug-likeness (QED) is 0.896. The minimum atomic E-state index is -0.315. The van der Waals surface area contributed by atoms with Gasteiger partial charge in [0.15, 0.2) is 0 Å². The maximum absolute atomic E-state index is 12.6. The second-order valence-electron chi connectivity index (χ2n) is 6.63. The number of aromatic nitrogens is 1. The summed E-state index contributed by atoms with van der Waals surface area (Å²) in [6, 6.07) is 3.59. The third-order valence-corrected chi connectivity index (χ3v) is 5.33. The van der Waals surface area contributed by atoms with E-state index in [1.165, 1.54) is 0 Å². The van der Waals surface area contributed by atoms with Crippen LogP contribution in [0.1, 0.15) is 23.3 Å². The van der Waals surface area contributed by atoms with E-state index in [9.17, 15) is 9.90 Å². The van der Waals surface area contributed by atoms with Crippen LogP contribution in [-0.2, 0) is 0 Å². The number of amides is 1. The molecule has 22 heavy (non-hydrogen) atoms. The monoisotopic (exact) mass is 323 g/mol. The molecule has 2 fully saturated rings. The number of hydrogen-bond acceptors (Lipinski definition) is 4. The lowest BCUT2D eigenvalue weighted by Gasteiger charge is -2.38. The molecular weight excluding hydrogens is 302 g/mol. The van der Waals surface area contributed by atoms with Gasteiger partial charge in [-0.3, -0.25) is 4.79 Å². The number of aliphatic hydroxyl groups is 1. The van der Waals surface area contributed by atoms with E-state index in [2.05, 4.69) is 9.88 Å². The molecule has 2 heterocycles. The molecule has 0 bridgehead atoms. The van der Waals surface area contributed by atoms with Gasteiger partial charge in [0.1, 0.15) is 5.69 Å². The zero-order valence-corrected chi connectivity index (χ0v) is 13.7. The first-order valence-corrected chi connectivity index (χ1v) is 8.09. The van der Waals surface area contributed by atoms with Crippen LogP contribution in [0.5, 0.6) is 0 Å². The maximum atomic E-state index is 12.6. The highest BCUT2D eigenvalue weighted by atomic mass is 35.5. The summed E-state index contributed by atoms with van der Waals surface area (Å²) in [5.41, 5.74) is 0.326. The number of likely N-dealkylation sites (N-methyl/N-ethyl adjacent to an activating group) is 1. The van der Waals surface area contributed by atoms with Crippen molar-refractivity contribution in [2.24, 2.45) is 11.8 Å². The molecule has 120 valence electrons. The van der Waals surface area contributed by atoms with Crippen molar-refractivity contribution in [2.75, 3.05) is 27.2 Å². The molecule has 0 radical (unpaired) electrons. The maximum Gasteiger partial charge on any atom is 0.274 e. The number of halogens is 1. The van der Waals surface area contributed by atoms with Crippen LogP contribution in [-0.4, -0.2) is 65.1 Å². The van der Waals surface area contributed by atoms with Gasteiger partial charge in [0.25, 0.3) is 5.91 Å². The second kappa shape index (κ2) is 6.14. The van der Waals surface area contributed by atoms with Crippen molar-refractivity contribution in [1.82, 2.24) is 14.8 Å². The average molecular weight is 324 g/mol. The topological polar surface area (TPSA) is 56.7 Å². The fraction of sp³-hybridized carbons (Fsp3) is 0.625. The summed E-state index contributed by atoms with van der Waals surface area (Å²) in [4.78, 5) is 20.7. The molecule has 1 aromatic heterocycles. The van der Waals surface area contributed by atoms with E-state index in [1.54, 1.807) is 18.3 Å². The summed E-state index contributed by atoms with van der Waals surface area (Å²) < 4.78 is 0. The summed E-state index contributed by atoms with van der Waals surface area (Å²) >= 11 is 6.08. The number of likely N-dealkylation sites (tertiary alicyclic amines) is 1. The summed E-state index contributed by atoms with van der Waals surface area (Å²) in [7, 11) is 4.00. The van der Waals surface area contributed by atoms with Crippen LogP contribution in [0, 0.1) is 11.8 Å². The molecule has 4 atom stereocenters. The van der Waals surface area contributed by atoms with E-state index in [-0.39, 0.29) is 18.1 Å². The highest BCUT2D eigenvalue weighted by Gasteiger charge is 2.43. The Hall–Kier alpha value is -1.17. The highest BCUT2D eigenvalue weighted by molar-refractivity contribution is 6.33. The van der Waals surface area contributed by atoms with Crippen LogP contribution in [0.2, 0.25) is 5.02 Å². The molecule has 1 saturated carbocycles. The summed E-state index contributed by atoms with van der Waals surface area (Å²) in [6.45, 7) is 1.42. The summed E-state index contributed by atoms with van der Waals surface area (Å²) in [6.07, 6.45) is 2.96. The Bertz CT molecular complexity index is 566. The molecule has 1 aliphatic heterocycles. The average Bonchev–Trinajstić information content (AvgIpc) is 2.88. The van der Waals surface area contributed by atoms with Crippen LogP contribution in [0.4, 0.5) is 0 Å². The van der Waals surface area contributed by atoms with Gasteiger partial charge in [-0.1, -0.05) is 11.6 Å². The Balaban J connectivity index is 1.72. The number of fused-ring (bicyclic) bond motifs is 1. The SMILES string of the molecule is CN(C)[C@@H]1C[C@@H]2CN(C(=O)c3ncccc3Cl)C[C@@H]2C[C@H]1O. The zero-order valence-electron chi connectivity index (χ0n) is 12.9. The Morgan fingerprint density at radius 1 is 1.36 bits per heavy atom. The standard InChI is InChI=1S/C16H22ClN3O2/c1-19(2)13-6-10-8-20(9-11(10)7-14(13)21)16(22)15-12(17)4-3-5-18-15/h3-5,10-11,13-14,21H,6-9H2,1-2H3/t10-,11+,13-,14-/m1/s1. The molecule has 0 unspecified atom stereocenters. The van der Waals surface area contributed by atoms with Crippen LogP contribution in [0.15, 0.2) is 18.3 Å². The Morgan fingerprint density at radius 2 is 2.05 bits per heavy atom. The number of hydrogen-bond donors (Lipinski definition) is 1. The van der Waals surface area contributed by atoms with Crippen molar-refractivity contribution in [2.45, 2.75) is 25.0 Å². The van der Waals surface area contributed by atoms with Gasteiger partial charge in [0, 0.05) is 25.3 Å². The Morgan fingerprint density at radius 3 is 2.68 bits per heavy atom. The first-order chi connectivity index (χ1) is 10.5. The molecule has 6 heteroatoms. The number of rotatable bonds is 2. The van der Waals surface area contributed by atoms with E-state index in [4.69, 9.17) is 11.6 Å². The van der Waals surface area contributed by atoms with Crippen LogP contribution in [0.25, 0.3) is 0 Å². The van der Waals surface area contributed by atoms with E-state index >= 15 is 0 Å². The molecule has 2 aliphatic rings. The van der Waals surface area contributed by atoms with Gasteiger partial charge in [-0.15, -0.1) is 0 Å². The van der Waals surface area contributed by atoms with E-state index in [0.717, 1.165) is 19.4 Å². The van der Waals surface area contributed by atoms with Crippen LogP contribution in [0.3, 0.4) is 0 Å². The summed E-state index contributed by atoms with van der Waals surface area (Å²) in [5.74, 6) is 0.718. The third kappa shape index (κ3) is 2.85. The van der Waals surface area contributed by atoms with E-state index in [1.807, 2.05) is 19.0 Å². The minimum absolute atomic E-state index is 0.101. The molecule has 1 amide bonds. The lowest BCUT2D eigenvalue weighted by atomic mass is 9.77. The minimum Gasteiger partial charge on any atom is -0.391 e. The zero-order chi connectivity index (χ0) is 15.9. The van der Waals surface area contributed by atoms with Crippen molar-refractivity contribution >= 4 is 17.5 Å². The smallest absolute Gasteiger partial charge is 0.274 e. The highest BCUT2D eigenvalue weighted by Crippen LogP contribution is 2.38. The number of carbonyl (C=O) groups excluding carboxylic acids is 1. The van der Waals surface area contributed by atoms with Gasteiger partial charge in [-0.25, -0.2) is 4.98 Å². The van der Waals surface area contributed by atoms with Crippen LogP contribution < -0.4 is 0 Å². The predicted octanol–water partition coefficient (Wildman–Crippen LogP) is 1.51. The van der Waals surface area contributed by atoms with Crippen molar-refractivity contribution in [1.29, 1.82) is 0 Å². The van der Waals surface area contributed by atoms with E-state index in [0.29, 0.717) is 29.1 Å². The molecule has 5 nitrogen and oxygen atoms in total. The Kier molecular flexibility index (Phi) is 4.39. The lowest BCUT2D eigenvalue weighted by Crippen LogP contribution is -2.46. The third-order valence-electron chi connectivity index (χ3n) is 5.02. The molecule has 1 N–H and O–H groups in total. The van der Waals surface area contributed by atoms with Gasteiger partial charge in [0.2, 0.25) is 0 Å². The molecule has 1 aromatic rings. The lowest BCUT2D eigenvalue weighted by molar-refractivity contribution is 0.00940. The van der Waals surface area contributed by atoms with Crippen LogP contribution >= 0.6 is 11.6 Å². The van der Waals surface area contributed by atoms with E-state index < -0.39 is 0 Å². The van der Waals surface area contributed by atoms with Gasteiger partial charge in [0.05, 0.1) is 11.1 Å². The summed E-state index contributed by atoms with van der Waals surface area (Å²) in [5, 5.41) is 10.7. The van der Waals surface area contributed by atoms with Crippen molar-refractivity contribution < 1.29 is 9.90 Å². The van der Waals surface area contributed by atoms with Crippen molar-refractivity contribution in [3.8, 4) is 0 Å². The molecule has 0 spiro atoms. The van der Waals surface area contributed by atoms with Crippen molar-refractivity contribution in [3.05, 3.63) is 29.0 Å². The molecule has 0 aromatic carbocycles. The van der Waals surface area contributed by atoms with Gasteiger partial charge < -0.3 is 14.9 Å². The largest absolute Gasteiger partial charge is 0.391 e. The fourth-order valence-electron chi connectivity index (χ4n) is 3.82. The predicted molar refractivity (Wildman–Crippen MR) is 84.8 cm³/mol. The number of nitrogens with zero attached hydrogens (tertiary/aromatic N) is 3. The first kappa shape index (κ1) is 15.7. The second-order valence-corrected chi connectivity index (χ2v) is 7.04. The van der Waals surface area contributed by atoms with Crippen molar-refractivity contribution in [3.63, 3.8) is 0 Å². The number of aliphatic hydroxyl groups excluding tert-OH is 1. The molecule has 3 rings (SSSR count). The first-order valence-electron chi connectivity index (χ1n) is 7.71. The number of carbonyl (C=O) groups is 1. The van der Waals surface area contributed by atoms with Gasteiger partial charge in [-0.05, 0) is 50.9 Å². The van der Waals surface area contributed by atoms with Gasteiger partial charge >= 0.3 is 0 Å². The fourth-order valence-corrected chi connectivity index (χ4v) is 4.02. The van der Waals surface area contributed by atoms with Gasteiger partial charge in [-0.2, -0.15) is 0 Å².